The fourth-order valence-corrected chi connectivity index (χ4v) is 3.91. The minimum absolute atomic E-state index is 0.0514. The number of anilines is 2. The van der Waals surface area contributed by atoms with Gasteiger partial charge in [-0.05, 0) is 36.4 Å². The molecule has 3 amide bonds. The van der Waals surface area contributed by atoms with E-state index in [-0.39, 0.29) is 13.0 Å². The van der Waals surface area contributed by atoms with E-state index in [0.717, 1.165) is 4.90 Å². The summed E-state index contributed by atoms with van der Waals surface area (Å²) in [5, 5.41) is 2.62. The van der Waals surface area contributed by atoms with Crippen LogP contribution in [0.3, 0.4) is 0 Å². The van der Waals surface area contributed by atoms with Crippen LogP contribution in [0.2, 0.25) is 0 Å². The van der Waals surface area contributed by atoms with Crippen molar-refractivity contribution in [1.82, 2.24) is 4.90 Å². The summed E-state index contributed by atoms with van der Waals surface area (Å²) in [5.41, 5.74) is 1.43. The molecule has 2 heterocycles. The lowest BCUT2D eigenvalue weighted by molar-refractivity contribution is -0.116. The molecule has 0 radical (unpaired) electrons. The van der Waals surface area contributed by atoms with Crippen molar-refractivity contribution < 1.29 is 23.5 Å². The first-order valence-corrected chi connectivity index (χ1v) is 10.3. The van der Waals surface area contributed by atoms with Crippen molar-refractivity contribution in [2.24, 2.45) is 0 Å². The third-order valence-electron chi connectivity index (χ3n) is 5.08. The number of fused-ring (bicyclic) bond motifs is 1. The normalized spacial score (nSPS) is 16.1. The molecule has 1 fully saturated rings. The Bertz CT molecular complexity index is 1020. The van der Waals surface area contributed by atoms with Crippen molar-refractivity contribution in [1.29, 1.82) is 0 Å². The average molecular weight is 476 g/mol. The van der Waals surface area contributed by atoms with Gasteiger partial charge in [-0.25, -0.2) is 4.39 Å². The van der Waals surface area contributed by atoms with Gasteiger partial charge in [0.05, 0.1) is 30.0 Å². The molecule has 0 aliphatic carbocycles. The van der Waals surface area contributed by atoms with Crippen molar-refractivity contribution in [2.45, 2.75) is 6.42 Å². The maximum absolute atomic E-state index is 14.5. The van der Waals surface area contributed by atoms with E-state index < -0.39 is 23.5 Å². The zero-order valence-electron chi connectivity index (χ0n) is 16.0. The number of carbonyl (C=O) groups excluding carboxylic acids is 3. The molecule has 2 aliphatic heterocycles. The third-order valence-corrected chi connectivity index (χ3v) is 5.57. The van der Waals surface area contributed by atoms with Crippen LogP contribution in [0.4, 0.5) is 15.8 Å². The molecule has 1 N–H and O–H groups in total. The molecule has 9 heteroatoms. The van der Waals surface area contributed by atoms with Gasteiger partial charge in [-0.15, -0.1) is 0 Å². The van der Waals surface area contributed by atoms with Crippen LogP contribution in [0, 0.1) is 5.82 Å². The van der Waals surface area contributed by atoms with Crippen LogP contribution in [-0.2, 0) is 9.53 Å². The summed E-state index contributed by atoms with van der Waals surface area (Å²) in [6.45, 7) is 2.27. The van der Waals surface area contributed by atoms with E-state index in [4.69, 9.17) is 4.74 Å². The second-order valence-electron chi connectivity index (χ2n) is 7.02. The summed E-state index contributed by atoms with van der Waals surface area (Å²) >= 11 is 3.28. The van der Waals surface area contributed by atoms with E-state index in [2.05, 4.69) is 21.2 Å². The van der Waals surface area contributed by atoms with Crippen molar-refractivity contribution in [3.8, 4) is 0 Å². The first-order valence-electron chi connectivity index (χ1n) is 9.52. The molecule has 7 nitrogen and oxygen atoms in total. The number of carbonyl (C=O) groups is 3. The van der Waals surface area contributed by atoms with Crippen LogP contribution >= 0.6 is 15.9 Å². The van der Waals surface area contributed by atoms with Crippen LogP contribution in [0.25, 0.3) is 0 Å². The minimum Gasteiger partial charge on any atom is -0.378 e. The van der Waals surface area contributed by atoms with Crippen LogP contribution in [0.5, 0.6) is 0 Å². The van der Waals surface area contributed by atoms with Gasteiger partial charge >= 0.3 is 0 Å². The molecule has 1 saturated heterocycles. The highest BCUT2D eigenvalue weighted by atomic mass is 79.9. The monoisotopic (exact) mass is 475 g/mol. The summed E-state index contributed by atoms with van der Waals surface area (Å²) in [5.74, 6) is -1.69. The number of amides is 3. The van der Waals surface area contributed by atoms with E-state index in [9.17, 15) is 18.8 Å². The number of nitrogens with zero attached hydrogens (tertiary/aromatic N) is 2. The molecule has 2 aromatic rings. The highest BCUT2D eigenvalue weighted by molar-refractivity contribution is 9.10. The first-order chi connectivity index (χ1) is 14.4. The van der Waals surface area contributed by atoms with Gasteiger partial charge in [-0.3, -0.25) is 19.3 Å². The molecule has 2 aromatic carbocycles. The van der Waals surface area contributed by atoms with E-state index >= 15 is 0 Å². The Morgan fingerprint density at radius 1 is 1.07 bits per heavy atom. The lowest BCUT2D eigenvalue weighted by Crippen LogP contribution is -2.36. The molecule has 2 aliphatic rings. The van der Waals surface area contributed by atoms with Crippen molar-refractivity contribution >= 4 is 45.0 Å². The molecule has 0 saturated carbocycles. The molecule has 30 heavy (non-hydrogen) atoms. The highest BCUT2D eigenvalue weighted by Crippen LogP contribution is 2.27. The molecule has 0 atom stereocenters. The standard InChI is InChI=1S/C21H19BrFN3O4/c22-13-1-3-15-16(11-13)21(29)26(20(15)28)6-5-19(27)24-14-2-4-18(17(23)12-14)25-7-9-30-10-8-25/h1-4,11-12H,5-10H2,(H,24,27). The summed E-state index contributed by atoms with van der Waals surface area (Å²) in [6.07, 6.45) is -0.0839. The van der Waals surface area contributed by atoms with E-state index in [1.165, 1.54) is 6.07 Å². The predicted molar refractivity (Wildman–Crippen MR) is 112 cm³/mol. The Hall–Kier alpha value is -2.78. The smallest absolute Gasteiger partial charge is 0.261 e. The summed E-state index contributed by atoms with van der Waals surface area (Å²) in [6, 6.07) is 9.38. The SMILES string of the molecule is O=C(CCN1C(=O)c2ccc(Br)cc2C1=O)Nc1ccc(N2CCOCC2)c(F)c1. The lowest BCUT2D eigenvalue weighted by Gasteiger charge is -2.29. The van der Waals surface area contributed by atoms with Crippen LogP contribution in [0.1, 0.15) is 27.1 Å². The number of imide groups is 1. The zero-order valence-corrected chi connectivity index (χ0v) is 17.6. The van der Waals surface area contributed by atoms with Gasteiger partial charge in [0.2, 0.25) is 5.91 Å². The number of hydrogen-bond donors (Lipinski definition) is 1. The molecule has 4 rings (SSSR count). The molecule has 0 unspecified atom stereocenters. The van der Waals surface area contributed by atoms with E-state index in [1.54, 1.807) is 30.3 Å². The Morgan fingerprint density at radius 3 is 2.53 bits per heavy atom. The van der Waals surface area contributed by atoms with Gasteiger partial charge in [0.1, 0.15) is 5.82 Å². The Balaban J connectivity index is 1.36. The number of rotatable bonds is 5. The second kappa shape index (κ2) is 8.53. The Labute approximate surface area is 180 Å². The molecular weight excluding hydrogens is 457 g/mol. The third kappa shape index (κ3) is 4.08. The summed E-state index contributed by atoms with van der Waals surface area (Å²) in [7, 11) is 0. The van der Waals surface area contributed by atoms with Crippen molar-refractivity contribution in [3.63, 3.8) is 0 Å². The van der Waals surface area contributed by atoms with E-state index in [1.807, 2.05) is 4.90 Å². The van der Waals surface area contributed by atoms with Crippen LogP contribution in [-0.4, -0.2) is 55.5 Å². The van der Waals surface area contributed by atoms with Gasteiger partial charge < -0.3 is 15.0 Å². The molecule has 156 valence electrons. The van der Waals surface area contributed by atoms with Gasteiger partial charge in [0.25, 0.3) is 11.8 Å². The fourth-order valence-electron chi connectivity index (χ4n) is 3.55. The van der Waals surface area contributed by atoms with Gasteiger partial charge in [-0.2, -0.15) is 0 Å². The number of morpholine rings is 1. The van der Waals surface area contributed by atoms with Crippen LogP contribution < -0.4 is 10.2 Å². The Kier molecular flexibility index (Phi) is 5.83. The summed E-state index contributed by atoms with van der Waals surface area (Å²) in [4.78, 5) is 40.1. The first kappa shape index (κ1) is 20.5. The Morgan fingerprint density at radius 2 is 1.80 bits per heavy atom. The molecule has 0 aromatic heterocycles. The average Bonchev–Trinajstić information content (AvgIpc) is 2.96. The largest absolute Gasteiger partial charge is 0.378 e. The van der Waals surface area contributed by atoms with Gasteiger partial charge in [0, 0.05) is 36.2 Å². The van der Waals surface area contributed by atoms with Gasteiger partial charge in [0.15, 0.2) is 0 Å². The quantitative estimate of drug-likeness (QED) is 0.672. The molecule has 0 bridgehead atoms. The molecule has 0 spiro atoms. The maximum atomic E-state index is 14.5. The number of hydrogen-bond acceptors (Lipinski definition) is 5. The minimum atomic E-state index is -0.430. The lowest BCUT2D eigenvalue weighted by atomic mass is 10.1. The number of ether oxygens (including phenoxy) is 1. The van der Waals surface area contributed by atoms with Gasteiger partial charge in [-0.1, -0.05) is 15.9 Å². The number of benzene rings is 2. The van der Waals surface area contributed by atoms with Crippen molar-refractivity contribution in [2.75, 3.05) is 43.1 Å². The number of halogens is 2. The van der Waals surface area contributed by atoms with Crippen LogP contribution in [0.15, 0.2) is 40.9 Å². The van der Waals surface area contributed by atoms with Crippen molar-refractivity contribution in [3.05, 3.63) is 57.8 Å². The zero-order chi connectivity index (χ0) is 21.3. The number of nitrogens with one attached hydrogen (secondary N) is 1. The van der Waals surface area contributed by atoms with E-state index in [0.29, 0.717) is 53.3 Å². The predicted octanol–water partition coefficient (Wildman–Crippen LogP) is 3.05. The molecular formula is C21H19BrFN3O4. The summed E-state index contributed by atoms with van der Waals surface area (Å²) < 4.78 is 20.4. The maximum Gasteiger partial charge on any atom is 0.261 e. The topological polar surface area (TPSA) is 79.0 Å². The fraction of sp³-hybridized carbons (Fsp3) is 0.286. The highest BCUT2D eigenvalue weighted by Gasteiger charge is 2.35. The second-order valence-corrected chi connectivity index (χ2v) is 7.93.